The van der Waals surface area contributed by atoms with Gasteiger partial charge in [-0.15, -0.1) is 0 Å². The molecule has 0 fully saturated rings. The highest BCUT2D eigenvalue weighted by molar-refractivity contribution is 5.95. The lowest BCUT2D eigenvalue weighted by Gasteiger charge is -2.05. The van der Waals surface area contributed by atoms with Crippen LogP contribution >= 0.6 is 0 Å². The maximum absolute atomic E-state index is 11.5. The van der Waals surface area contributed by atoms with Gasteiger partial charge in [-0.3, -0.25) is 10.1 Å². The van der Waals surface area contributed by atoms with Crippen molar-refractivity contribution in [3.8, 4) is 6.07 Å². The zero-order valence-corrected chi connectivity index (χ0v) is 11.2. The molecule has 0 N–H and O–H groups in total. The van der Waals surface area contributed by atoms with Crippen molar-refractivity contribution in [2.75, 3.05) is 6.61 Å². The number of nitro benzene ring substituents is 1. The fraction of sp³-hybridized carbons (Fsp3) is 0.286. The van der Waals surface area contributed by atoms with Crippen LogP contribution in [0, 0.1) is 27.4 Å². The highest BCUT2D eigenvalue weighted by atomic mass is 16.6. The average molecular weight is 274 g/mol. The van der Waals surface area contributed by atoms with Crippen LogP contribution in [0.2, 0.25) is 0 Å². The maximum atomic E-state index is 11.5. The van der Waals surface area contributed by atoms with Gasteiger partial charge in [-0.25, -0.2) is 4.79 Å². The van der Waals surface area contributed by atoms with Gasteiger partial charge in [0.1, 0.15) is 6.07 Å². The minimum Gasteiger partial charge on any atom is -0.462 e. The minimum absolute atomic E-state index is 0.0755. The first kappa shape index (κ1) is 15.4. The Hall–Kier alpha value is -2.68. The summed E-state index contributed by atoms with van der Waals surface area (Å²) in [5, 5.41) is 19.6. The first-order chi connectivity index (χ1) is 9.43. The van der Waals surface area contributed by atoms with Crippen LogP contribution < -0.4 is 0 Å². The molecule has 0 radical (unpaired) electrons. The molecule has 0 aromatic heterocycles. The van der Waals surface area contributed by atoms with E-state index in [1.807, 2.05) is 19.9 Å². The fourth-order valence-electron chi connectivity index (χ4n) is 1.35. The molecule has 0 amide bonds. The molecule has 0 unspecified atom stereocenters. The molecule has 0 aliphatic carbocycles. The topological polar surface area (TPSA) is 93.2 Å². The van der Waals surface area contributed by atoms with Gasteiger partial charge < -0.3 is 4.74 Å². The summed E-state index contributed by atoms with van der Waals surface area (Å²) >= 11 is 0. The van der Waals surface area contributed by atoms with Crippen LogP contribution in [0.4, 0.5) is 5.69 Å². The summed E-state index contributed by atoms with van der Waals surface area (Å²) in [5.74, 6) is -0.397. The van der Waals surface area contributed by atoms with Gasteiger partial charge in [0.05, 0.1) is 17.1 Å². The molecule has 20 heavy (non-hydrogen) atoms. The first-order valence-corrected chi connectivity index (χ1v) is 5.97. The Morgan fingerprint density at radius 3 is 2.50 bits per heavy atom. The Balaban J connectivity index is 2.87. The molecule has 1 rings (SSSR count). The zero-order valence-electron chi connectivity index (χ0n) is 11.2. The quantitative estimate of drug-likeness (QED) is 0.270. The van der Waals surface area contributed by atoms with E-state index in [2.05, 4.69) is 0 Å². The maximum Gasteiger partial charge on any atom is 0.332 e. The molecule has 0 atom stereocenters. The molecule has 1 aromatic rings. The highest BCUT2D eigenvalue weighted by Crippen LogP contribution is 2.18. The fourth-order valence-corrected chi connectivity index (χ4v) is 1.35. The van der Waals surface area contributed by atoms with Crippen molar-refractivity contribution < 1.29 is 14.5 Å². The van der Waals surface area contributed by atoms with Crippen LogP contribution in [0.5, 0.6) is 0 Å². The van der Waals surface area contributed by atoms with Crippen LogP contribution in [-0.2, 0) is 9.53 Å². The van der Waals surface area contributed by atoms with Crippen molar-refractivity contribution in [3.63, 3.8) is 0 Å². The normalized spacial score (nSPS) is 11.0. The van der Waals surface area contributed by atoms with Crippen molar-refractivity contribution in [2.24, 2.45) is 5.92 Å². The van der Waals surface area contributed by atoms with Gasteiger partial charge in [-0.05, 0) is 23.6 Å². The summed E-state index contributed by atoms with van der Waals surface area (Å²) in [4.78, 5) is 21.5. The molecule has 0 heterocycles. The molecule has 6 nitrogen and oxygen atoms in total. The summed E-state index contributed by atoms with van der Waals surface area (Å²) in [6, 6.07) is 7.27. The van der Waals surface area contributed by atoms with Crippen LogP contribution in [0.3, 0.4) is 0 Å². The van der Waals surface area contributed by atoms with Crippen molar-refractivity contribution >= 4 is 17.2 Å². The summed E-state index contributed by atoms with van der Waals surface area (Å²) in [6.07, 6.45) is 1.09. The summed E-state index contributed by atoms with van der Waals surface area (Å²) < 4.78 is 4.94. The Morgan fingerprint density at radius 2 is 2.05 bits per heavy atom. The molecule has 0 aliphatic rings. The number of carbonyl (C=O) groups excluding carboxylic acids is 1. The Morgan fingerprint density at radius 1 is 1.45 bits per heavy atom. The zero-order chi connectivity index (χ0) is 15.1. The van der Waals surface area contributed by atoms with E-state index in [9.17, 15) is 14.9 Å². The number of non-ortho nitro benzene ring substituents is 1. The van der Waals surface area contributed by atoms with Gasteiger partial charge >= 0.3 is 5.97 Å². The van der Waals surface area contributed by atoms with Crippen molar-refractivity contribution in [1.29, 1.82) is 5.26 Å². The van der Waals surface area contributed by atoms with Gasteiger partial charge in [0.2, 0.25) is 0 Å². The second-order valence-electron chi connectivity index (χ2n) is 4.50. The van der Waals surface area contributed by atoms with Crippen LogP contribution in [-0.4, -0.2) is 17.5 Å². The number of ether oxygens (including phenoxy) is 1. The number of rotatable bonds is 5. The van der Waals surface area contributed by atoms with E-state index >= 15 is 0 Å². The standard InChI is InChI=1S/C14H14N2O4/c1-10(2)9-20-14(17)7-12(8-15)11-3-5-13(6-4-11)16(18)19/h3-7,10H,9H2,1-2H3. The van der Waals surface area contributed by atoms with Gasteiger partial charge in [-0.1, -0.05) is 13.8 Å². The molecule has 0 aliphatic heterocycles. The number of nitriles is 1. The Kier molecular flexibility index (Phi) is 5.42. The highest BCUT2D eigenvalue weighted by Gasteiger charge is 2.09. The predicted octanol–water partition coefficient (Wildman–Crippen LogP) is 2.70. The number of allylic oxidation sites excluding steroid dienone is 1. The third-order valence-corrected chi connectivity index (χ3v) is 2.33. The van der Waals surface area contributed by atoms with Gasteiger partial charge in [0.25, 0.3) is 5.69 Å². The SMILES string of the molecule is CC(C)COC(=O)C=C(C#N)c1ccc([N+](=O)[O-])cc1. The van der Waals surface area contributed by atoms with E-state index in [0.29, 0.717) is 5.56 Å². The number of benzene rings is 1. The molecule has 0 saturated carbocycles. The van der Waals surface area contributed by atoms with Gasteiger partial charge in [0, 0.05) is 18.2 Å². The predicted molar refractivity (Wildman–Crippen MR) is 72.5 cm³/mol. The first-order valence-electron chi connectivity index (χ1n) is 5.97. The number of hydrogen-bond acceptors (Lipinski definition) is 5. The largest absolute Gasteiger partial charge is 0.462 e. The number of carbonyl (C=O) groups is 1. The van der Waals surface area contributed by atoms with E-state index in [0.717, 1.165) is 6.08 Å². The number of hydrogen-bond donors (Lipinski definition) is 0. The molecular weight excluding hydrogens is 260 g/mol. The molecule has 6 heteroatoms. The Labute approximate surface area is 116 Å². The molecule has 0 saturated heterocycles. The van der Waals surface area contributed by atoms with Gasteiger partial charge in [0.15, 0.2) is 0 Å². The van der Waals surface area contributed by atoms with Crippen molar-refractivity contribution in [3.05, 3.63) is 46.0 Å². The van der Waals surface area contributed by atoms with Gasteiger partial charge in [-0.2, -0.15) is 5.26 Å². The summed E-state index contributed by atoms with van der Waals surface area (Å²) in [7, 11) is 0. The third-order valence-electron chi connectivity index (χ3n) is 2.33. The van der Waals surface area contributed by atoms with E-state index < -0.39 is 10.9 Å². The minimum atomic E-state index is -0.603. The van der Waals surface area contributed by atoms with E-state index in [1.54, 1.807) is 0 Å². The van der Waals surface area contributed by atoms with Crippen LogP contribution in [0.1, 0.15) is 19.4 Å². The number of nitrogens with zero attached hydrogens (tertiary/aromatic N) is 2. The molecule has 1 aromatic carbocycles. The second kappa shape index (κ2) is 7.04. The molecular formula is C14H14N2O4. The number of nitro groups is 1. The smallest absolute Gasteiger partial charge is 0.332 e. The monoisotopic (exact) mass is 274 g/mol. The molecule has 0 spiro atoms. The van der Waals surface area contributed by atoms with Crippen LogP contribution in [0.15, 0.2) is 30.3 Å². The lowest BCUT2D eigenvalue weighted by Crippen LogP contribution is -2.07. The van der Waals surface area contributed by atoms with E-state index in [4.69, 9.17) is 10.00 Å². The lowest BCUT2D eigenvalue weighted by atomic mass is 10.1. The second-order valence-corrected chi connectivity index (χ2v) is 4.50. The number of esters is 1. The van der Waals surface area contributed by atoms with Crippen LogP contribution in [0.25, 0.3) is 5.57 Å². The average Bonchev–Trinajstić information content (AvgIpc) is 2.42. The van der Waals surface area contributed by atoms with Crippen molar-refractivity contribution in [2.45, 2.75) is 13.8 Å². The lowest BCUT2D eigenvalue weighted by molar-refractivity contribution is -0.384. The Bertz CT molecular complexity index is 568. The van der Waals surface area contributed by atoms with E-state index in [-0.39, 0.29) is 23.8 Å². The summed E-state index contributed by atoms with van der Waals surface area (Å²) in [5.41, 5.74) is 0.460. The third kappa shape index (κ3) is 4.53. The molecule has 104 valence electrons. The van der Waals surface area contributed by atoms with Crippen molar-refractivity contribution in [1.82, 2.24) is 0 Å². The van der Waals surface area contributed by atoms with E-state index in [1.165, 1.54) is 24.3 Å². The molecule has 0 bridgehead atoms. The summed E-state index contributed by atoms with van der Waals surface area (Å²) in [6.45, 7) is 4.07.